The minimum Gasteiger partial charge on any atom is -0.497 e. The van der Waals surface area contributed by atoms with Crippen molar-refractivity contribution < 1.29 is 13.9 Å². The number of aromatic nitrogens is 1. The minimum atomic E-state index is 0.168. The van der Waals surface area contributed by atoms with Gasteiger partial charge >= 0.3 is 0 Å². The Labute approximate surface area is 99.2 Å². The Hall–Kier alpha value is -2.17. The van der Waals surface area contributed by atoms with Gasteiger partial charge in [-0.2, -0.15) is 4.98 Å². The molecule has 0 amide bonds. The molecule has 2 N–H and O–H groups in total. The molecular weight excluding hydrogens is 220 g/mol. The molecule has 0 saturated heterocycles. The number of anilines is 1. The van der Waals surface area contributed by atoms with Crippen LogP contribution in [-0.4, -0.2) is 19.2 Å². The number of rotatable bonds is 4. The van der Waals surface area contributed by atoms with Gasteiger partial charge in [-0.1, -0.05) is 0 Å². The van der Waals surface area contributed by atoms with Gasteiger partial charge < -0.3 is 19.6 Å². The van der Waals surface area contributed by atoms with Crippen molar-refractivity contribution in [2.24, 2.45) is 0 Å². The van der Waals surface area contributed by atoms with Crippen LogP contribution in [0.25, 0.3) is 0 Å². The highest BCUT2D eigenvalue weighted by Crippen LogP contribution is 2.26. The van der Waals surface area contributed by atoms with E-state index >= 15 is 0 Å². The molecule has 0 aliphatic heterocycles. The first-order valence-corrected chi connectivity index (χ1v) is 5.13. The summed E-state index contributed by atoms with van der Waals surface area (Å²) in [6.07, 6.45) is 2.12. The number of nitrogen functional groups attached to an aromatic ring is 1. The predicted octanol–water partition coefficient (Wildman–Crippen LogP) is 1.86. The van der Waals surface area contributed by atoms with Gasteiger partial charge in [-0.05, 0) is 18.2 Å². The van der Waals surface area contributed by atoms with Crippen molar-refractivity contribution in [2.45, 2.75) is 6.42 Å². The molecule has 0 bridgehead atoms. The van der Waals surface area contributed by atoms with Crippen molar-refractivity contribution in [1.82, 2.24) is 4.98 Å². The van der Waals surface area contributed by atoms with Crippen molar-refractivity contribution >= 4 is 6.01 Å². The first-order valence-electron chi connectivity index (χ1n) is 5.13. The van der Waals surface area contributed by atoms with Gasteiger partial charge in [0, 0.05) is 12.0 Å². The first-order chi connectivity index (χ1) is 8.22. The van der Waals surface area contributed by atoms with E-state index in [9.17, 15) is 0 Å². The van der Waals surface area contributed by atoms with Crippen LogP contribution >= 0.6 is 0 Å². The molecule has 90 valence electrons. The third-order valence-corrected chi connectivity index (χ3v) is 2.43. The zero-order valence-electron chi connectivity index (χ0n) is 9.77. The van der Waals surface area contributed by atoms with E-state index in [4.69, 9.17) is 19.6 Å². The van der Waals surface area contributed by atoms with Crippen molar-refractivity contribution in [1.29, 1.82) is 0 Å². The lowest BCUT2D eigenvalue weighted by molar-refractivity contribution is 0.399. The summed E-state index contributed by atoms with van der Waals surface area (Å²) < 4.78 is 15.4. The summed E-state index contributed by atoms with van der Waals surface area (Å²) in [6.45, 7) is 0. The maximum absolute atomic E-state index is 5.43. The standard InChI is InChI=1S/C12H14N2O3/c1-15-10-3-4-11(16-2)8(6-10)5-9-7-17-12(13)14-9/h3-4,6-7H,5H2,1-2H3,(H2,13,14). The molecule has 0 spiro atoms. The van der Waals surface area contributed by atoms with Crippen LogP contribution in [0, 0.1) is 0 Å². The highest BCUT2D eigenvalue weighted by molar-refractivity contribution is 5.42. The van der Waals surface area contributed by atoms with E-state index in [-0.39, 0.29) is 6.01 Å². The van der Waals surface area contributed by atoms with Crippen molar-refractivity contribution in [3.63, 3.8) is 0 Å². The van der Waals surface area contributed by atoms with Crippen LogP contribution < -0.4 is 15.2 Å². The Bertz CT molecular complexity index is 508. The molecule has 5 heteroatoms. The van der Waals surface area contributed by atoms with Gasteiger partial charge in [-0.3, -0.25) is 0 Å². The lowest BCUT2D eigenvalue weighted by atomic mass is 10.1. The highest BCUT2D eigenvalue weighted by atomic mass is 16.5. The zero-order valence-corrected chi connectivity index (χ0v) is 9.77. The van der Waals surface area contributed by atoms with E-state index < -0.39 is 0 Å². The van der Waals surface area contributed by atoms with Crippen LogP contribution in [0.15, 0.2) is 28.9 Å². The van der Waals surface area contributed by atoms with E-state index in [1.54, 1.807) is 14.2 Å². The maximum Gasteiger partial charge on any atom is 0.292 e. The SMILES string of the molecule is COc1ccc(OC)c(Cc2coc(N)n2)c1. The third kappa shape index (κ3) is 2.50. The second kappa shape index (κ2) is 4.78. The van der Waals surface area contributed by atoms with Crippen LogP contribution in [0.4, 0.5) is 6.01 Å². The predicted molar refractivity (Wildman–Crippen MR) is 63.3 cm³/mol. The van der Waals surface area contributed by atoms with E-state index in [0.29, 0.717) is 6.42 Å². The summed E-state index contributed by atoms with van der Waals surface area (Å²) in [4.78, 5) is 4.05. The second-order valence-electron chi connectivity index (χ2n) is 3.53. The number of nitrogens with two attached hydrogens (primary N) is 1. The topological polar surface area (TPSA) is 70.5 Å². The molecule has 0 aliphatic carbocycles. The minimum absolute atomic E-state index is 0.168. The molecule has 0 atom stereocenters. The summed E-state index contributed by atoms with van der Waals surface area (Å²) in [6, 6.07) is 5.78. The van der Waals surface area contributed by atoms with Gasteiger partial charge in [0.05, 0.1) is 19.9 Å². The number of oxazole rings is 1. The number of hydrogen-bond donors (Lipinski definition) is 1. The summed E-state index contributed by atoms with van der Waals surface area (Å²) >= 11 is 0. The van der Waals surface area contributed by atoms with Crippen molar-refractivity contribution in [3.8, 4) is 11.5 Å². The Morgan fingerprint density at radius 3 is 2.71 bits per heavy atom. The smallest absolute Gasteiger partial charge is 0.292 e. The second-order valence-corrected chi connectivity index (χ2v) is 3.53. The van der Waals surface area contributed by atoms with Gasteiger partial charge in [-0.25, -0.2) is 0 Å². The molecule has 0 unspecified atom stereocenters. The van der Waals surface area contributed by atoms with Gasteiger partial charge in [0.2, 0.25) is 0 Å². The Balaban J connectivity index is 2.29. The quantitative estimate of drug-likeness (QED) is 0.874. The van der Waals surface area contributed by atoms with E-state index in [2.05, 4.69) is 4.98 Å². The van der Waals surface area contributed by atoms with Gasteiger partial charge in [-0.15, -0.1) is 0 Å². The molecule has 1 heterocycles. The zero-order chi connectivity index (χ0) is 12.3. The summed E-state index contributed by atoms with van der Waals surface area (Å²) in [5.41, 5.74) is 7.16. The third-order valence-electron chi connectivity index (χ3n) is 2.43. The van der Waals surface area contributed by atoms with E-state index in [1.165, 1.54) is 6.26 Å². The molecule has 1 aromatic carbocycles. The fourth-order valence-corrected chi connectivity index (χ4v) is 1.62. The summed E-state index contributed by atoms with van der Waals surface area (Å²) in [5.74, 6) is 1.56. The number of benzene rings is 1. The summed E-state index contributed by atoms with van der Waals surface area (Å²) in [5, 5.41) is 0. The molecular formula is C12H14N2O3. The van der Waals surface area contributed by atoms with Crippen molar-refractivity contribution in [3.05, 3.63) is 35.7 Å². The fraction of sp³-hybridized carbons (Fsp3) is 0.250. The van der Waals surface area contributed by atoms with Crippen molar-refractivity contribution in [2.75, 3.05) is 20.0 Å². The molecule has 0 fully saturated rings. The monoisotopic (exact) mass is 234 g/mol. The van der Waals surface area contributed by atoms with Crippen LogP contribution in [0.2, 0.25) is 0 Å². The molecule has 2 rings (SSSR count). The van der Waals surface area contributed by atoms with Gasteiger partial charge in [0.25, 0.3) is 6.01 Å². The summed E-state index contributed by atoms with van der Waals surface area (Å²) in [7, 11) is 3.25. The molecule has 2 aromatic rings. The van der Waals surface area contributed by atoms with Crippen LogP contribution in [0.5, 0.6) is 11.5 Å². The Morgan fingerprint density at radius 1 is 1.29 bits per heavy atom. The lowest BCUT2D eigenvalue weighted by Gasteiger charge is -2.08. The van der Waals surface area contributed by atoms with Crippen LogP contribution in [0.3, 0.4) is 0 Å². The van der Waals surface area contributed by atoms with Gasteiger partial charge in [0.15, 0.2) is 0 Å². The largest absolute Gasteiger partial charge is 0.497 e. The van der Waals surface area contributed by atoms with Gasteiger partial charge in [0.1, 0.15) is 17.8 Å². The Morgan fingerprint density at radius 2 is 2.12 bits per heavy atom. The maximum atomic E-state index is 5.43. The molecule has 5 nitrogen and oxygen atoms in total. The first kappa shape index (κ1) is 11.3. The Kier molecular flexibility index (Phi) is 3.18. The average Bonchev–Trinajstić information content (AvgIpc) is 2.74. The van der Waals surface area contributed by atoms with Crippen LogP contribution in [0.1, 0.15) is 11.3 Å². The number of ether oxygens (including phenoxy) is 2. The normalized spacial score (nSPS) is 10.2. The highest BCUT2D eigenvalue weighted by Gasteiger charge is 2.08. The van der Waals surface area contributed by atoms with E-state index in [0.717, 1.165) is 22.8 Å². The number of hydrogen-bond acceptors (Lipinski definition) is 5. The fourth-order valence-electron chi connectivity index (χ4n) is 1.62. The number of methoxy groups -OCH3 is 2. The molecule has 0 saturated carbocycles. The molecule has 17 heavy (non-hydrogen) atoms. The average molecular weight is 234 g/mol. The lowest BCUT2D eigenvalue weighted by Crippen LogP contribution is -1.96. The molecule has 0 aliphatic rings. The van der Waals surface area contributed by atoms with Crippen LogP contribution in [-0.2, 0) is 6.42 Å². The van der Waals surface area contributed by atoms with E-state index in [1.807, 2.05) is 18.2 Å². The number of nitrogens with zero attached hydrogens (tertiary/aromatic N) is 1. The molecule has 0 radical (unpaired) electrons. The molecule has 1 aromatic heterocycles.